The molecule has 18 heavy (non-hydrogen) atoms. The molecule has 0 amide bonds. The van der Waals surface area contributed by atoms with Gasteiger partial charge in [0.05, 0.1) is 5.56 Å². The molecule has 0 aromatic heterocycles. The van der Waals surface area contributed by atoms with E-state index < -0.39 is 0 Å². The Balaban J connectivity index is 2.57. The highest BCUT2D eigenvalue weighted by molar-refractivity contribution is 9.10. The van der Waals surface area contributed by atoms with Gasteiger partial charge in [0.2, 0.25) is 0 Å². The molecule has 1 atom stereocenters. The van der Waals surface area contributed by atoms with Crippen LogP contribution in [0.4, 0.5) is 0 Å². The first-order valence-corrected chi connectivity index (χ1v) is 7.05. The van der Waals surface area contributed by atoms with Crippen molar-refractivity contribution in [2.24, 2.45) is 0 Å². The molecule has 0 heterocycles. The highest BCUT2D eigenvalue weighted by Gasteiger charge is 2.15. The van der Waals surface area contributed by atoms with Crippen LogP contribution in [-0.2, 0) is 4.74 Å². The molecule has 0 saturated carbocycles. The Labute approximate surface area is 117 Å². The quantitative estimate of drug-likeness (QED) is 0.754. The van der Waals surface area contributed by atoms with E-state index in [9.17, 15) is 4.79 Å². The number of hydrogen-bond donors (Lipinski definition) is 0. The molecule has 0 unspecified atom stereocenters. The summed E-state index contributed by atoms with van der Waals surface area (Å²) in [6.07, 6.45) is -0.107. The maximum atomic E-state index is 12.0. The van der Waals surface area contributed by atoms with E-state index in [0.717, 1.165) is 24.1 Å². The topological polar surface area (TPSA) is 29.5 Å². The number of ether oxygens (including phenoxy) is 1. The summed E-state index contributed by atoms with van der Waals surface area (Å²) < 4.78 is 6.21. The minimum atomic E-state index is -0.276. The van der Waals surface area contributed by atoms with Gasteiger partial charge in [0.1, 0.15) is 6.10 Å². The molecule has 0 saturated heterocycles. The lowest BCUT2D eigenvalue weighted by Gasteiger charge is -2.22. The highest BCUT2D eigenvalue weighted by atomic mass is 79.9. The molecular formula is C14H20BrNO2. The predicted molar refractivity (Wildman–Crippen MR) is 76.8 cm³/mol. The number of hydrogen-bond acceptors (Lipinski definition) is 3. The second-order valence-electron chi connectivity index (χ2n) is 4.18. The third-order valence-electron chi connectivity index (χ3n) is 2.81. The molecule has 1 aromatic carbocycles. The van der Waals surface area contributed by atoms with Crippen LogP contribution in [0.15, 0.2) is 28.7 Å². The van der Waals surface area contributed by atoms with E-state index in [0.29, 0.717) is 5.56 Å². The van der Waals surface area contributed by atoms with Crippen molar-refractivity contribution in [3.63, 3.8) is 0 Å². The average molecular weight is 314 g/mol. The van der Waals surface area contributed by atoms with Crippen LogP contribution < -0.4 is 0 Å². The maximum Gasteiger partial charge on any atom is 0.339 e. The fourth-order valence-electron chi connectivity index (χ4n) is 1.76. The van der Waals surface area contributed by atoms with Gasteiger partial charge in [0, 0.05) is 11.0 Å². The number of rotatable bonds is 6. The number of carbonyl (C=O) groups is 1. The third kappa shape index (κ3) is 4.42. The number of halogens is 1. The summed E-state index contributed by atoms with van der Waals surface area (Å²) >= 11 is 3.35. The Morgan fingerprint density at radius 2 is 1.94 bits per heavy atom. The second kappa shape index (κ2) is 7.54. The van der Waals surface area contributed by atoms with Gasteiger partial charge in [-0.05, 0) is 48.1 Å². The van der Waals surface area contributed by atoms with Crippen molar-refractivity contribution in [1.29, 1.82) is 0 Å². The zero-order chi connectivity index (χ0) is 13.5. The lowest BCUT2D eigenvalue weighted by atomic mass is 10.2. The molecular weight excluding hydrogens is 294 g/mol. The lowest BCUT2D eigenvalue weighted by Crippen LogP contribution is -2.33. The molecule has 1 aromatic rings. The maximum absolute atomic E-state index is 12.0. The first-order chi connectivity index (χ1) is 8.58. The molecule has 0 aliphatic rings. The monoisotopic (exact) mass is 313 g/mol. The van der Waals surface area contributed by atoms with Gasteiger partial charge in [-0.25, -0.2) is 4.79 Å². The Bertz CT molecular complexity index is 391. The van der Waals surface area contributed by atoms with Gasteiger partial charge in [0.25, 0.3) is 0 Å². The summed E-state index contributed by atoms with van der Waals surface area (Å²) in [7, 11) is 0. The standard InChI is InChI=1S/C14H20BrNO2/c1-4-16(5-2)10-11(3)18-14(17)12-8-6-7-9-13(12)15/h6-9,11H,4-5,10H2,1-3H3/t11-/m1/s1. The summed E-state index contributed by atoms with van der Waals surface area (Å²) in [6.45, 7) is 8.83. The number of esters is 1. The van der Waals surface area contributed by atoms with Crippen molar-refractivity contribution in [3.8, 4) is 0 Å². The Morgan fingerprint density at radius 3 is 2.50 bits per heavy atom. The van der Waals surface area contributed by atoms with Crippen LogP contribution in [0.1, 0.15) is 31.1 Å². The fraction of sp³-hybridized carbons (Fsp3) is 0.500. The average Bonchev–Trinajstić information content (AvgIpc) is 2.36. The second-order valence-corrected chi connectivity index (χ2v) is 5.04. The van der Waals surface area contributed by atoms with Crippen LogP contribution in [0.3, 0.4) is 0 Å². The zero-order valence-corrected chi connectivity index (χ0v) is 12.7. The highest BCUT2D eigenvalue weighted by Crippen LogP contribution is 2.17. The summed E-state index contributed by atoms with van der Waals surface area (Å²) in [6, 6.07) is 7.30. The molecule has 0 aliphatic heterocycles. The molecule has 0 aliphatic carbocycles. The number of benzene rings is 1. The van der Waals surface area contributed by atoms with E-state index in [1.54, 1.807) is 6.07 Å². The minimum absolute atomic E-state index is 0.107. The third-order valence-corrected chi connectivity index (χ3v) is 3.50. The van der Waals surface area contributed by atoms with Crippen molar-refractivity contribution in [2.45, 2.75) is 26.9 Å². The van der Waals surface area contributed by atoms with E-state index >= 15 is 0 Å². The number of carbonyl (C=O) groups excluding carboxylic acids is 1. The van der Waals surface area contributed by atoms with Crippen molar-refractivity contribution >= 4 is 21.9 Å². The summed E-state index contributed by atoms with van der Waals surface area (Å²) in [5, 5.41) is 0. The van der Waals surface area contributed by atoms with E-state index in [1.165, 1.54) is 0 Å². The summed E-state index contributed by atoms with van der Waals surface area (Å²) in [4.78, 5) is 14.2. The lowest BCUT2D eigenvalue weighted by molar-refractivity contribution is 0.0259. The van der Waals surface area contributed by atoms with Gasteiger partial charge in [-0.3, -0.25) is 0 Å². The first kappa shape index (κ1) is 15.2. The molecule has 100 valence electrons. The number of likely N-dealkylation sites (N-methyl/N-ethyl adjacent to an activating group) is 1. The summed E-state index contributed by atoms with van der Waals surface area (Å²) in [5.74, 6) is -0.276. The van der Waals surface area contributed by atoms with Gasteiger partial charge in [-0.15, -0.1) is 0 Å². The van der Waals surface area contributed by atoms with Crippen LogP contribution >= 0.6 is 15.9 Å². The molecule has 3 nitrogen and oxygen atoms in total. The minimum Gasteiger partial charge on any atom is -0.458 e. The molecule has 0 bridgehead atoms. The molecule has 1 rings (SSSR count). The van der Waals surface area contributed by atoms with Crippen molar-refractivity contribution < 1.29 is 9.53 Å². The van der Waals surface area contributed by atoms with E-state index in [4.69, 9.17) is 4.74 Å². The fourth-order valence-corrected chi connectivity index (χ4v) is 2.20. The van der Waals surface area contributed by atoms with Crippen LogP contribution in [0.25, 0.3) is 0 Å². The Morgan fingerprint density at radius 1 is 1.33 bits per heavy atom. The molecule has 0 N–H and O–H groups in total. The zero-order valence-electron chi connectivity index (χ0n) is 11.1. The van der Waals surface area contributed by atoms with Gasteiger partial charge >= 0.3 is 5.97 Å². The summed E-state index contributed by atoms with van der Waals surface area (Å²) in [5.41, 5.74) is 0.573. The Hall–Kier alpha value is -0.870. The molecule has 4 heteroatoms. The van der Waals surface area contributed by atoms with E-state index in [1.807, 2.05) is 25.1 Å². The SMILES string of the molecule is CCN(CC)C[C@@H](C)OC(=O)c1ccccc1Br. The van der Waals surface area contributed by atoms with Gasteiger partial charge < -0.3 is 9.64 Å². The molecule has 0 radical (unpaired) electrons. The predicted octanol–water partition coefficient (Wildman–Crippen LogP) is 3.34. The smallest absolute Gasteiger partial charge is 0.339 e. The van der Waals surface area contributed by atoms with Crippen LogP contribution in [-0.4, -0.2) is 36.6 Å². The molecule has 0 spiro atoms. The van der Waals surface area contributed by atoms with Crippen LogP contribution in [0.5, 0.6) is 0 Å². The van der Waals surface area contributed by atoms with Crippen molar-refractivity contribution in [1.82, 2.24) is 4.90 Å². The molecule has 0 fully saturated rings. The van der Waals surface area contributed by atoms with E-state index in [-0.39, 0.29) is 12.1 Å². The van der Waals surface area contributed by atoms with Crippen LogP contribution in [0.2, 0.25) is 0 Å². The normalized spacial score (nSPS) is 12.5. The van der Waals surface area contributed by atoms with Gasteiger partial charge in [-0.2, -0.15) is 0 Å². The van der Waals surface area contributed by atoms with Gasteiger partial charge in [0.15, 0.2) is 0 Å². The van der Waals surface area contributed by atoms with Crippen LogP contribution in [0, 0.1) is 0 Å². The van der Waals surface area contributed by atoms with Crippen molar-refractivity contribution in [3.05, 3.63) is 34.3 Å². The van der Waals surface area contributed by atoms with E-state index in [2.05, 4.69) is 34.7 Å². The Kier molecular flexibility index (Phi) is 6.36. The largest absolute Gasteiger partial charge is 0.458 e. The first-order valence-electron chi connectivity index (χ1n) is 6.26. The van der Waals surface area contributed by atoms with Crippen molar-refractivity contribution in [2.75, 3.05) is 19.6 Å². The number of nitrogens with zero attached hydrogens (tertiary/aromatic N) is 1. The van der Waals surface area contributed by atoms with Gasteiger partial charge in [-0.1, -0.05) is 26.0 Å².